The van der Waals surface area contributed by atoms with Crippen LogP contribution in [0, 0.1) is 0 Å². The van der Waals surface area contributed by atoms with Crippen molar-refractivity contribution in [3.05, 3.63) is 35.9 Å². The Balaban J connectivity index is 1.87. The lowest BCUT2D eigenvalue weighted by Gasteiger charge is -2.24. The molecule has 1 aromatic carbocycles. The molecule has 1 aromatic rings. The number of imide groups is 1. The van der Waals surface area contributed by atoms with E-state index in [1.807, 2.05) is 6.07 Å². The van der Waals surface area contributed by atoms with Gasteiger partial charge >= 0.3 is 18.2 Å². The molecule has 190 valence electrons. The molecule has 0 spiro atoms. The van der Waals surface area contributed by atoms with Crippen molar-refractivity contribution in [3.8, 4) is 0 Å². The van der Waals surface area contributed by atoms with Crippen LogP contribution in [-0.4, -0.2) is 65.7 Å². The van der Waals surface area contributed by atoms with Crippen LogP contribution < -0.4 is 16.0 Å². The molecule has 13 nitrogen and oxygen atoms in total. The summed E-state index contributed by atoms with van der Waals surface area (Å²) in [5.41, 5.74) is -0.121. The zero-order chi connectivity index (χ0) is 26.0. The first-order chi connectivity index (χ1) is 16.4. The second-order valence-corrected chi connectivity index (χ2v) is 8.41. The Hall–Kier alpha value is -4.16. The number of hydroxylamine groups is 2. The minimum atomic E-state index is -1.50. The Labute approximate surface area is 201 Å². The fraction of sp³-hybridized carbons (Fsp3) is 0.455. The monoisotopic (exact) mass is 492 g/mol. The molecule has 1 aliphatic heterocycles. The average Bonchev–Trinajstić information content (AvgIpc) is 3.10. The minimum Gasteiger partial charge on any atom is -0.445 e. The first-order valence-corrected chi connectivity index (χ1v) is 10.7. The van der Waals surface area contributed by atoms with Gasteiger partial charge in [-0.15, -0.1) is 5.06 Å². The predicted octanol–water partition coefficient (Wildman–Crippen LogP) is 0.530. The van der Waals surface area contributed by atoms with Crippen molar-refractivity contribution in [1.29, 1.82) is 0 Å². The fourth-order valence-electron chi connectivity index (χ4n) is 2.66. The van der Waals surface area contributed by atoms with Crippen molar-refractivity contribution in [2.45, 2.75) is 51.9 Å². The summed E-state index contributed by atoms with van der Waals surface area (Å²) in [5, 5.41) is 7.13. The van der Waals surface area contributed by atoms with Crippen molar-refractivity contribution >= 4 is 35.9 Å². The number of ether oxygens (including phenoxy) is 2. The number of nitrogens with zero attached hydrogens (tertiary/aromatic N) is 1. The first kappa shape index (κ1) is 27.1. The van der Waals surface area contributed by atoms with Gasteiger partial charge in [-0.25, -0.2) is 14.4 Å². The number of benzene rings is 1. The van der Waals surface area contributed by atoms with Crippen molar-refractivity contribution in [2.75, 3.05) is 13.1 Å². The molecular formula is C22H28N4O9. The Morgan fingerprint density at radius 3 is 2.20 bits per heavy atom. The van der Waals surface area contributed by atoms with Crippen molar-refractivity contribution in [2.24, 2.45) is 0 Å². The highest BCUT2D eigenvalue weighted by atomic mass is 16.7. The van der Waals surface area contributed by atoms with E-state index in [1.165, 1.54) is 0 Å². The topological polar surface area (TPSA) is 169 Å². The van der Waals surface area contributed by atoms with E-state index in [1.54, 1.807) is 45.0 Å². The molecule has 13 heteroatoms. The Bertz CT molecular complexity index is 943. The molecule has 1 atom stereocenters. The van der Waals surface area contributed by atoms with Gasteiger partial charge in [0, 0.05) is 19.4 Å². The number of alkyl carbamates (subject to hydrolysis) is 2. The molecule has 0 bridgehead atoms. The zero-order valence-electron chi connectivity index (χ0n) is 19.6. The Kier molecular flexibility index (Phi) is 9.55. The van der Waals surface area contributed by atoms with Crippen LogP contribution >= 0.6 is 0 Å². The summed E-state index contributed by atoms with van der Waals surface area (Å²) in [7, 11) is 0. The standard InChI is InChI=1S/C22H28N4O9/c1-22(2,3)34-21(32)25-15(19(30)35-26-17(28)9-10-18(26)29)11-23-16(27)12-24-20(31)33-13-14-7-5-4-6-8-14/h4-8,15H,9-13H2,1-3H3,(H,23,27)(H,24,31)(H,25,32). The van der Waals surface area contributed by atoms with Gasteiger partial charge in [0.25, 0.3) is 11.8 Å². The third kappa shape index (κ3) is 9.70. The van der Waals surface area contributed by atoms with Crippen LogP contribution in [0.15, 0.2) is 30.3 Å². The molecule has 3 N–H and O–H groups in total. The molecule has 1 saturated heterocycles. The number of hydrogen-bond donors (Lipinski definition) is 3. The summed E-state index contributed by atoms with van der Waals surface area (Å²) in [6.45, 7) is 3.86. The number of carbonyl (C=O) groups is 6. The molecule has 0 saturated carbocycles. The highest BCUT2D eigenvalue weighted by Gasteiger charge is 2.36. The number of rotatable bonds is 9. The van der Waals surface area contributed by atoms with Gasteiger partial charge in [-0.3, -0.25) is 14.4 Å². The molecule has 1 fully saturated rings. The van der Waals surface area contributed by atoms with E-state index in [9.17, 15) is 28.8 Å². The molecule has 0 radical (unpaired) electrons. The van der Waals surface area contributed by atoms with Crippen LogP contribution in [0.4, 0.5) is 9.59 Å². The second kappa shape index (κ2) is 12.3. The van der Waals surface area contributed by atoms with Crippen LogP contribution in [0.2, 0.25) is 0 Å². The molecule has 1 unspecified atom stereocenters. The van der Waals surface area contributed by atoms with E-state index < -0.39 is 60.6 Å². The van der Waals surface area contributed by atoms with Crippen molar-refractivity contribution < 1.29 is 43.1 Å². The molecular weight excluding hydrogens is 464 g/mol. The summed E-state index contributed by atoms with van der Waals surface area (Å²) < 4.78 is 10.1. The summed E-state index contributed by atoms with van der Waals surface area (Å²) in [6.07, 6.45) is -2.05. The van der Waals surface area contributed by atoms with E-state index >= 15 is 0 Å². The maximum absolute atomic E-state index is 12.5. The van der Waals surface area contributed by atoms with E-state index in [0.29, 0.717) is 5.06 Å². The maximum atomic E-state index is 12.5. The van der Waals surface area contributed by atoms with Crippen LogP contribution in [0.3, 0.4) is 0 Å². The van der Waals surface area contributed by atoms with Gasteiger partial charge in [0.1, 0.15) is 18.2 Å². The van der Waals surface area contributed by atoms with Gasteiger partial charge in [0.2, 0.25) is 5.91 Å². The SMILES string of the molecule is CC(C)(C)OC(=O)NC(CNC(=O)CNC(=O)OCc1ccccc1)C(=O)ON1C(=O)CCC1=O. The highest BCUT2D eigenvalue weighted by Crippen LogP contribution is 2.13. The van der Waals surface area contributed by atoms with Gasteiger partial charge in [0.05, 0.1) is 6.54 Å². The number of amides is 5. The average molecular weight is 492 g/mol. The lowest BCUT2D eigenvalue weighted by Crippen LogP contribution is -2.52. The molecule has 2 rings (SSSR count). The number of nitrogens with one attached hydrogen (secondary N) is 3. The maximum Gasteiger partial charge on any atom is 0.408 e. The summed E-state index contributed by atoms with van der Waals surface area (Å²) in [6, 6.07) is 7.41. The van der Waals surface area contributed by atoms with Crippen LogP contribution in [0.5, 0.6) is 0 Å². The van der Waals surface area contributed by atoms with Gasteiger partial charge in [-0.1, -0.05) is 30.3 Å². The molecule has 0 aromatic heterocycles. The van der Waals surface area contributed by atoms with E-state index in [-0.39, 0.29) is 19.4 Å². The quantitative estimate of drug-likeness (QED) is 0.416. The third-order valence-corrected chi connectivity index (χ3v) is 4.27. The molecule has 35 heavy (non-hydrogen) atoms. The van der Waals surface area contributed by atoms with Crippen molar-refractivity contribution in [1.82, 2.24) is 21.0 Å². The van der Waals surface area contributed by atoms with Crippen LogP contribution in [0.1, 0.15) is 39.2 Å². The Morgan fingerprint density at radius 2 is 1.60 bits per heavy atom. The predicted molar refractivity (Wildman–Crippen MR) is 118 cm³/mol. The molecule has 1 aliphatic rings. The zero-order valence-corrected chi connectivity index (χ0v) is 19.6. The number of hydrogen-bond acceptors (Lipinski definition) is 9. The van der Waals surface area contributed by atoms with E-state index in [2.05, 4.69) is 16.0 Å². The fourth-order valence-corrected chi connectivity index (χ4v) is 2.66. The van der Waals surface area contributed by atoms with E-state index in [0.717, 1.165) is 5.56 Å². The lowest BCUT2D eigenvalue weighted by molar-refractivity contribution is -0.198. The van der Waals surface area contributed by atoms with Crippen LogP contribution in [0.25, 0.3) is 0 Å². The summed E-state index contributed by atoms with van der Waals surface area (Å²) in [5.74, 6) is -3.29. The van der Waals surface area contributed by atoms with Gasteiger partial charge in [-0.2, -0.15) is 0 Å². The molecule has 1 heterocycles. The van der Waals surface area contributed by atoms with Crippen LogP contribution in [-0.2, 0) is 40.1 Å². The molecule has 5 amide bonds. The van der Waals surface area contributed by atoms with E-state index in [4.69, 9.17) is 14.3 Å². The summed E-state index contributed by atoms with van der Waals surface area (Å²) in [4.78, 5) is 76.7. The largest absolute Gasteiger partial charge is 0.445 e. The van der Waals surface area contributed by atoms with Gasteiger partial charge in [0.15, 0.2) is 0 Å². The lowest BCUT2D eigenvalue weighted by atomic mass is 10.2. The normalized spacial score (nSPS) is 14.1. The van der Waals surface area contributed by atoms with Crippen molar-refractivity contribution in [3.63, 3.8) is 0 Å². The molecule has 0 aliphatic carbocycles. The Morgan fingerprint density at radius 1 is 0.971 bits per heavy atom. The first-order valence-electron chi connectivity index (χ1n) is 10.7. The minimum absolute atomic E-state index is 0.00988. The smallest absolute Gasteiger partial charge is 0.408 e. The highest BCUT2D eigenvalue weighted by molar-refractivity contribution is 6.02. The summed E-state index contributed by atoms with van der Waals surface area (Å²) >= 11 is 0. The number of carbonyl (C=O) groups excluding carboxylic acids is 6. The second-order valence-electron chi connectivity index (χ2n) is 8.41. The third-order valence-electron chi connectivity index (χ3n) is 4.27. The van der Waals surface area contributed by atoms with Gasteiger partial charge in [-0.05, 0) is 26.3 Å². The van der Waals surface area contributed by atoms with Gasteiger partial charge < -0.3 is 30.3 Å².